The second-order valence-corrected chi connectivity index (χ2v) is 5.44. The van der Waals surface area contributed by atoms with Crippen LogP contribution >= 0.6 is 11.8 Å². The van der Waals surface area contributed by atoms with Crippen LogP contribution in [0.1, 0.15) is 19.3 Å². The number of carbonyl (C=O) groups is 1. The van der Waals surface area contributed by atoms with Crippen molar-refractivity contribution >= 4 is 17.7 Å². The number of nitrogens with zero attached hydrogens (tertiary/aromatic N) is 1. The van der Waals surface area contributed by atoms with Crippen LogP contribution in [0.5, 0.6) is 5.88 Å². The maximum Gasteiger partial charge on any atom is 0.303 e. The molecule has 17 heavy (non-hydrogen) atoms. The lowest BCUT2D eigenvalue weighted by Gasteiger charge is -2.11. The monoisotopic (exact) mass is 253 g/mol. The molecule has 0 unspecified atom stereocenters. The van der Waals surface area contributed by atoms with Crippen LogP contribution in [0.25, 0.3) is 0 Å². The van der Waals surface area contributed by atoms with Gasteiger partial charge < -0.3 is 9.84 Å². The minimum atomic E-state index is -0.699. The number of carboxylic acid groups (broad SMARTS) is 1. The standard InChI is InChI=1S/C12H15NO3S/c1-16-10-6-9(2-5-13-10)17-8-12(3-4-12)7-11(14)15/h2,5-6H,3-4,7-8H2,1H3,(H,14,15). The lowest BCUT2D eigenvalue weighted by Crippen LogP contribution is -2.10. The molecule has 1 saturated carbocycles. The van der Waals surface area contributed by atoms with Gasteiger partial charge in [0.1, 0.15) is 0 Å². The fourth-order valence-corrected chi connectivity index (χ4v) is 2.90. The van der Waals surface area contributed by atoms with E-state index in [2.05, 4.69) is 4.98 Å². The number of aromatic nitrogens is 1. The van der Waals surface area contributed by atoms with E-state index in [1.807, 2.05) is 12.1 Å². The first-order valence-corrected chi connectivity index (χ1v) is 6.47. The van der Waals surface area contributed by atoms with Gasteiger partial charge in [-0.15, -0.1) is 11.8 Å². The molecule has 0 spiro atoms. The van der Waals surface area contributed by atoms with Crippen molar-refractivity contribution in [3.05, 3.63) is 18.3 Å². The third-order valence-corrected chi connectivity index (χ3v) is 4.29. The number of rotatable bonds is 6. The molecule has 0 atom stereocenters. The number of hydrogen-bond donors (Lipinski definition) is 1. The van der Waals surface area contributed by atoms with Gasteiger partial charge in [-0.3, -0.25) is 4.79 Å². The molecule has 0 aromatic carbocycles. The summed E-state index contributed by atoms with van der Waals surface area (Å²) in [6.45, 7) is 0. The van der Waals surface area contributed by atoms with Gasteiger partial charge in [0.2, 0.25) is 5.88 Å². The summed E-state index contributed by atoms with van der Waals surface area (Å²) in [6, 6.07) is 3.80. The predicted octanol–water partition coefficient (Wildman–Crippen LogP) is 2.44. The minimum absolute atomic E-state index is 0.0208. The van der Waals surface area contributed by atoms with Crippen molar-refractivity contribution < 1.29 is 14.6 Å². The fourth-order valence-electron chi connectivity index (χ4n) is 1.70. The summed E-state index contributed by atoms with van der Waals surface area (Å²) < 4.78 is 5.05. The molecule has 1 aliphatic rings. The van der Waals surface area contributed by atoms with Gasteiger partial charge in [0.25, 0.3) is 0 Å². The van der Waals surface area contributed by atoms with E-state index in [9.17, 15) is 4.79 Å². The zero-order valence-electron chi connectivity index (χ0n) is 9.68. The Kier molecular flexibility index (Phi) is 3.57. The molecule has 92 valence electrons. The van der Waals surface area contributed by atoms with E-state index in [0.29, 0.717) is 5.88 Å². The van der Waals surface area contributed by atoms with Crippen LogP contribution in [0, 0.1) is 5.41 Å². The summed E-state index contributed by atoms with van der Waals surface area (Å²) >= 11 is 1.68. The van der Waals surface area contributed by atoms with Crippen molar-refractivity contribution in [1.29, 1.82) is 0 Å². The maximum absolute atomic E-state index is 10.7. The van der Waals surface area contributed by atoms with Crippen molar-refractivity contribution in [2.24, 2.45) is 5.41 Å². The Labute approximate surface area is 104 Å². The maximum atomic E-state index is 10.7. The lowest BCUT2D eigenvalue weighted by atomic mass is 10.1. The van der Waals surface area contributed by atoms with E-state index in [1.165, 1.54) is 0 Å². The van der Waals surface area contributed by atoms with Gasteiger partial charge in [-0.1, -0.05) is 0 Å². The number of methoxy groups -OCH3 is 1. The van der Waals surface area contributed by atoms with Gasteiger partial charge in [0.05, 0.1) is 13.5 Å². The van der Waals surface area contributed by atoms with E-state index in [1.54, 1.807) is 25.1 Å². The Bertz CT molecular complexity index is 418. The van der Waals surface area contributed by atoms with Crippen LogP contribution in [0.4, 0.5) is 0 Å². The van der Waals surface area contributed by atoms with Gasteiger partial charge in [-0.05, 0) is 24.3 Å². The molecule has 5 heteroatoms. The third-order valence-electron chi connectivity index (χ3n) is 2.94. The molecule has 1 heterocycles. The number of pyridine rings is 1. The second-order valence-electron chi connectivity index (χ2n) is 4.39. The second kappa shape index (κ2) is 4.96. The SMILES string of the molecule is COc1cc(SCC2(CC(=O)O)CC2)ccn1. The number of ether oxygens (including phenoxy) is 1. The first-order chi connectivity index (χ1) is 8.13. The smallest absolute Gasteiger partial charge is 0.303 e. The van der Waals surface area contributed by atoms with Crippen LogP contribution in [0.2, 0.25) is 0 Å². The molecule has 4 nitrogen and oxygen atoms in total. The highest BCUT2D eigenvalue weighted by atomic mass is 32.2. The molecular weight excluding hydrogens is 238 g/mol. The van der Waals surface area contributed by atoms with Gasteiger partial charge in [-0.2, -0.15) is 0 Å². The first kappa shape index (κ1) is 12.2. The number of aliphatic carboxylic acids is 1. The topological polar surface area (TPSA) is 59.4 Å². The van der Waals surface area contributed by atoms with Crippen LogP contribution in [0.3, 0.4) is 0 Å². The molecule has 0 bridgehead atoms. The molecule has 1 aromatic rings. The Balaban J connectivity index is 1.91. The van der Waals surface area contributed by atoms with E-state index in [0.717, 1.165) is 23.5 Å². The first-order valence-electron chi connectivity index (χ1n) is 5.48. The quantitative estimate of drug-likeness (QED) is 0.789. The highest BCUT2D eigenvalue weighted by Crippen LogP contribution is 2.51. The molecule has 0 aliphatic heterocycles. The number of thioether (sulfide) groups is 1. The van der Waals surface area contributed by atoms with Crippen molar-refractivity contribution in [3.8, 4) is 5.88 Å². The van der Waals surface area contributed by atoms with Crippen molar-refractivity contribution in [3.63, 3.8) is 0 Å². The summed E-state index contributed by atoms with van der Waals surface area (Å²) in [5.74, 6) is 0.750. The van der Waals surface area contributed by atoms with E-state index in [4.69, 9.17) is 9.84 Å². The summed E-state index contributed by atoms with van der Waals surface area (Å²) in [5, 5.41) is 8.83. The molecule has 1 N–H and O–H groups in total. The van der Waals surface area contributed by atoms with Crippen LogP contribution in [-0.2, 0) is 4.79 Å². The zero-order valence-corrected chi connectivity index (χ0v) is 10.5. The van der Waals surface area contributed by atoms with Crippen molar-refractivity contribution in [1.82, 2.24) is 4.98 Å². The number of hydrogen-bond acceptors (Lipinski definition) is 4. The molecule has 1 aliphatic carbocycles. The van der Waals surface area contributed by atoms with E-state index in [-0.39, 0.29) is 11.8 Å². The summed E-state index contributed by atoms with van der Waals surface area (Å²) in [6.07, 6.45) is 4.03. The van der Waals surface area contributed by atoms with Crippen LogP contribution in [0.15, 0.2) is 23.2 Å². The lowest BCUT2D eigenvalue weighted by molar-refractivity contribution is -0.138. The molecule has 0 radical (unpaired) electrons. The fraction of sp³-hybridized carbons (Fsp3) is 0.500. The molecule has 0 saturated heterocycles. The van der Waals surface area contributed by atoms with Gasteiger partial charge in [0, 0.05) is 22.9 Å². The highest BCUT2D eigenvalue weighted by Gasteiger charge is 2.44. The molecule has 1 fully saturated rings. The van der Waals surface area contributed by atoms with Gasteiger partial charge in [0.15, 0.2) is 0 Å². The zero-order chi connectivity index (χ0) is 12.3. The number of carboxylic acids is 1. The molecular formula is C12H15NO3S. The normalized spacial score (nSPS) is 16.5. The predicted molar refractivity (Wildman–Crippen MR) is 65.4 cm³/mol. The van der Waals surface area contributed by atoms with Gasteiger partial charge >= 0.3 is 5.97 Å². The Hall–Kier alpha value is -1.23. The largest absolute Gasteiger partial charge is 0.481 e. The van der Waals surface area contributed by atoms with E-state index < -0.39 is 5.97 Å². The summed E-state index contributed by atoms with van der Waals surface area (Å²) in [5.41, 5.74) is 0.0208. The Morgan fingerprint density at radius 2 is 2.41 bits per heavy atom. The molecule has 0 amide bonds. The third kappa shape index (κ3) is 3.36. The molecule has 1 aromatic heterocycles. The van der Waals surface area contributed by atoms with Crippen molar-refractivity contribution in [2.45, 2.75) is 24.2 Å². The van der Waals surface area contributed by atoms with Crippen molar-refractivity contribution in [2.75, 3.05) is 12.9 Å². The average molecular weight is 253 g/mol. The highest BCUT2D eigenvalue weighted by molar-refractivity contribution is 7.99. The summed E-state index contributed by atoms with van der Waals surface area (Å²) in [7, 11) is 1.59. The molecule has 2 rings (SSSR count). The average Bonchev–Trinajstić information content (AvgIpc) is 3.06. The minimum Gasteiger partial charge on any atom is -0.481 e. The Morgan fingerprint density at radius 3 is 3.00 bits per heavy atom. The van der Waals surface area contributed by atoms with Crippen LogP contribution in [-0.4, -0.2) is 28.9 Å². The van der Waals surface area contributed by atoms with E-state index >= 15 is 0 Å². The van der Waals surface area contributed by atoms with Gasteiger partial charge in [-0.25, -0.2) is 4.98 Å². The Morgan fingerprint density at radius 1 is 1.65 bits per heavy atom. The summed E-state index contributed by atoms with van der Waals surface area (Å²) in [4.78, 5) is 15.8. The van der Waals surface area contributed by atoms with Crippen LogP contribution < -0.4 is 4.74 Å².